The first-order chi connectivity index (χ1) is 10.6. The van der Waals surface area contributed by atoms with Crippen LogP contribution in [0.3, 0.4) is 0 Å². The van der Waals surface area contributed by atoms with Crippen molar-refractivity contribution in [2.45, 2.75) is 44.6 Å². The molecule has 1 unspecified atom stereocenters. The number of nitrogens with one attached hydrogen (secondary N) is 2. The summed E-state index contributed by atoms with van der Waals surface area (Å²) in [5.74, 6) is 0.143. The fourth-order valence-corrected chi connectivity index (χ4v) is 3.47. The number of carbonyl (C=O) groups is 2. The zero-order valence-corrected chi connectivity index (χ0v) is 13.5. The average molecular weight is 324 g/mol. The lowest BCUT2D eigenvalue weighted by atomic mass is 9.87. The standard InChI is InChI=1S/C16H24N2O3S/c19-14(13-6-7-22-11-13)9-17-16(21)10-18-15(20)8-12-4-2-1-3-5-12/h6-7,11-12,14,19H,1-5,8-10H2,(H,17,21)(H,18,20). The molecule has 0 spiro atoms. The van der Waals surface area contributed by atoms with Gasteiger partial charge in [-0.1, -0.05) is 19.3 Å². The largest absolute Gasteiger partial charge is 0.387 e. The Kier molecular flexibility index (Phi) is 6.86. The van der Waals surface area contributed by atoms with Crippen molar-refractivity contribution in [1.29, 1.82) is 0 Å². The van der Waals surface area contributed by atoms with Crippen molar-refractivity contribution >= 4 is 23.2 Å². The van der Waals surface area contributed by atoms with Gasteiger partial charge in [0.15, 0.2) is 0 Å². The normalized spacial score (nSPS) is 17.0. The van der Waals surface area contributed by atoms with Crippen molar-refractivity contribution in [3.63, 3.8) is 0 Å². The molecule has 122 valence electrons. The SMILES string of the molecule is O=C(CNC(=O)CC1CCCCC1)NCC(O)c1ccsc1. The lowest BCUT2D eigenvalue weighted by Crippen LogP contribution is -2.39. The Balaban J connectivity index is 1.59. The maximum Gasteiger partial charge on any atom is 0.239 e. The van der Waals surface area contributed by atoms with Gasteiger partial charge in [-0.2, -0.15) is 11.3 Å². The van der Waals surface area contributed by atoms with Gasteiger partial charge in [-0.05, 0) is 41.1 Å². The average Bonchev–Trinajstić information content (AvgIpc) is 3.06. The van der Waals surface area contributed by atoms with Crippen molar-refractivity contribution in [1.82, 2.24) is 10.6 Å². The Morgan fingerprint density at radius 1 is 1.23 bits per heavy atom. The van der Waals surface area contributed by atoms with E-state index in [0.29, 0.717) is 12.3 Å². The summed E-state index contributed by atoms with van der Waals surface area (Å²) in [5.41, 5.74) is 0.798. The molecule has 1 aliphatic carbocycles. The maximum atomic E-state index is 11.8. The molecule has 2 rings (SSSR count). The summed E-state index contributed by atoms with van der Waals surface area (Å²) in [5, 5.41) is 18.9. The number of carbonyl (C=O) groups excluding carboxylic acids is 2. The van der Waals surface area contributed by atoms with Gasteiger partial charge in [0.25, 0.3) is 0 Å². The van der Waals surface area contributed by atoms with Gasteiger partial charge in [0, 0.05) is 13.0 Å². The smallest absolute Gasteiger partial charge is 0.239 e. The number of aliphatic hydroxyl groups excluding tert-OH is 1. The number of amides is 2. The van der Waals surface area contributed by atoms with E-state index in [0.717, 1.165) is 18.4 Å². The molecule has 1 heterocycles. The van der Waals surface area contributed by atoms with Crippen LogP contribution < -0.4 is 10.6 Å². The second kappa shape index (κ2) is 8.90. The van der Waals surface area contributed by atoms with E-state index in [2.05, 4.69) is 10.6 Å². The molecule has 0 aromatic carbocycles. The fraction of sp³-hybridized carbons (Fsp3) is 0.625. The van der Waals surface area contributed by atoms with Gasteiger partial charge in [0.1, 0.15) is 0 Å². The van der Waals surface area contributed by atoms with Gasteiger partial charge in [-0.15, -0.1) is 0 Å². The van der Waals surface area contributed by atoms with Crippen molar-refractivity contribution in [3.8, 4) is 0 Å². The summed E-state index contributed by atoms with van der Waals surface area (Å²) in [6.07, 6.45) is 5.74. The number of rotatable bonds is 7. The number of hydrogen-bond donors (Lipinski definition) is 3. The van der Waals surface area contributed by atoms with Crippen LogP contribution in [0.15, 0.2) is 16.8 Å². The third-order valence-electron chi connectivity index (χ3n) is 4.07. The minimum atomic E-state index is -0.701. The van der Waals surface area contributed by atoms with Crippen LogP contribution in [-0.2, 0) is 9.59 Å². The van der Waals surface area contributed by atoms with E-state index >= 15 is 0 Å². The van der Waals surface area contributed by atoms with Gasteiger partial charge >= 0.3 is 0 Å². The monoisotopic (exact) mass is 324 g/mol. The molecule has 0 radical (unpaired) electrons. The molecule has 22 heavy (non-hydrogen) atoms. The Morgan fingerprint density at radius 2 is 2.00 bits per heavy atom. The Hall–Kier alpha value is -1.40. The second-order valence-electron chi connectivity index (χ2n) is 5.86. The molecule has 0 saturated heterocycles. The van der Waals surface area contributed by atoms with Gasteiger partial charge in [-0.25, -0.2) is 0 Å². The van der Waals surface area contributed by atoms with Crippen LogP contribution in [0.1, 0.15) is 50.2 Å². The first-order valence-electron chi connectivity index (χ1n) is 7.88. The molecule has 1 atom stereocenters. The predicted molar refractivity (Wildman–Crippen MR) is 86.5 cm³/mol. The minimum absolute atomic E-state index is 0.0259. The van der Waals surface area contributed by atoms with Crippen molar-refractivity contribution in [2.24, 2.45) is 5.92 Å². The molecule has 0 bridgehead atoms. The van der Waals surface area contributed by atoms with Gasteiger partial charge in [0.2, 0.25) is 11.8 Å². The number of thiophene rings is 1. The molecule has 2 amide bonds. The minimum Gasteiger partial charge on any atom is -0.387 e. The van der Waals surface area contributed by atoms with E-state index in [9.17, 15) is 14.7 Å². The highest BCUT2D eigenvalue weighted by Gasteiger charge is 2.17. The van der Waals surface area contributed by atoms with E-state index in [1.165, 1.54) is 30.6 Å². The molecule has 1 aromatic heterocycles. The second-order valence-corrected chi connectivity index (χ2v) is 6.64. The highest BCUT2D eigenvalue weighted by Crippen LogP contribution is 2.25. The summed E-state index contributed by atoms with van der Waals surface area (Å²) in [7, 11) is 0. The molecule has 6 heteroatoms. The van der Waals surface area contributed by atoms with Crippen molar-refractivity contribution < 1.29 is 14.7 Å². The van der Waals surface area contributed by atoms with Crippen LogP contribution in [0.5, 0.6) is 0 Å². The zero-order chi connectivity index (χ0) is 15.8. The molecular formula is C16H24N2O3S. The Morgan fingerprint density at radius 3 is 2.68 bits per heavy atom. The van der Waals surface area contributed by atoms with E-state index in [1.807, 2.05) is 16.8 Å². The van der Waals surface area contributed by atoms with Crippen LogP contribution in [0, 0.1) is 5.92 Å². The summed E-state index contributed by atoms with van der Waals surface area (Å²) >= 11 is 1.50. The Bertz CT molecular complexity index is 470. The molecule has 5 nitrogen and oxygen atoms in total. The van der Waals surface area contributed by atoms with Crippen LogP contribution in [-0.4, -0.2) is 30.0 Å². The Labute approximate surface area is 135 Å². The van der Waals surface area contributed by atoms with Gasteiger partial charge < -0.3 is 15.7 Å². The van der Waals surface area contributed by atoms with E-state index in [1.54, 1.807) is 0 Å². The van der Waals surface area contributed by atoms with Gasteiger partial charge in [-0.3, -0.25) is 9.59 Å². The third-order valence-corrected chi connectivity index (χ3v) is 4.77. The topological polar surface area (TPSA) is 78.4 Å². The van der Waals surface area contributed by atoms with Crippen LogP contribution in [0.2, 0.25) is 0 Å². The van der Waals surface area contributed by atoms with Crippen LogP contribution >= 0.6 is 11.3 Å². The molecule has 1 aliphatic rings. The van der Waals surface area contributed by atoms with Crippen LogP contribution in [0.4, 0.5) is 0 Å². The van der Waals surface area contributed by atoms with Crippen molar-refractivity contribution in [3.05, 3.63) is 22.4 Å². The van der Waals surface area contributed by atoms with Gasteiger partial charge in [0.05, 0.1) is 12.6 Å². The highest BCUT2D eigenvalue weighted by atomic mass is 32.1. The fourth-order valence-electron chi connectivity index (χ4n) is 2.76. The summed E-state index contributed by atoms with van der Waals surface area (Å²) in [6, 6.07) is 1.83. The number of hydrogen-bond acceptors (Lipinski definition) is 4. The number of aliphatic hydroxyl groups is 1. The predicted octanol–water partition coefficient (Wildman–Crippen LogP) is 1.98. The zero-order valence-electron chi connectivity index (χ0n) is 12.7. The molecule has 1 saturated carbocycles. The summed E-state index contributed by atoms with van der Waals surface area (Å²) in [6.45, 7) is 0.135. The first kappa shape index (κ1) is 17.0. The molecular weight excluding hydrogens is 300 g/mol. The third kappa shape index (κ3) is 5.77. The maximum absolute atomic E-state index is 11.8. The van der Waals surface area contributed by atoms with E-state index in [-0.39, 0.29) is 24.9 Å². The quantitative estimate of drug-likeness (QED) is 0.717. The molecule has 1 aromatic rings. The lowest BCUT2D eigenvalue weighted by molar-refractivity contribution is -0.127. The summed E-state index contributed by atoms with van der Waals surface area (Å²) < 4.78 is 0. The van der Waals surface area contributed by atoms with E-state index in [4.69, 9.17) is 0 Å². The molecule has 1 fully saturated rings. The first-order valence-corrected chi connectivity index (χ1v) is 8.83. The molecule has 0 aliphatic heterocycles. The van der Waals surface area contributed by atoms with Crippen molar-refractivity contribution in [2.75, 3.05) is 13.1 Å². The van der Waals surface area contributed by atoms with E-state index < -0.39 is 6.10 Å². The summed E-state index contributed by atoms with van der Waals surface area (Å²) in [4.78, 5) is 23.5. The lowest BCUT2D eigenvalue weighted by Gasteiger charge is -2.20. The molecule has 3 N–H and O–H groups in total. The highest BCUT2D eigenvalue weighted by molar-refractivity contribution is 7.07. The van der Waals surface area contributed by atoms with Crippen LogP contribution in [0.25, 0.3) is 0 Å².